The van der Waals surface area contributed by atoms with Crippen LogP contribution in [0, 0.1) is 0 Å². The van der Waals surface area contributed by atoms with Gasteiger partial charge in [0.05, 0.1) is 24.2 Å². The van der Waals surface area contributed by atoms with Crippen molar-refractivity contribution in [2.45, 2.75) is 53.2 Å². The number of rotatable bonds is 9. The van der Waals surface area contributed by atoms with Gasteiger partial charge in [0.2, 0.25) is 10.0 Å². The first kappa shape index (κ1) is 24.6. The highest BCUT2D eigenvalue weighted by Gasteiger charge is 2.28. The van der Waals surface area contributed by atoms with Crippen molar-refractivity contribution in [3.8, 4) is 0 Å². The number of aromatic nitrogens is 2. The minimum atomic E-state index is -3.30. The zero-order valence-corrected chi connectivity index (χ0v) is 20.1. The lowest BCUT2D eigenvalue weighted by molar-refractivity contribution is 0.0904. The highest BCUT2D eigenvalue weighted by molar-refractivity contribution is 7.89. The molecule has 0 bridgehead atoms. The molecule has 0 saturated carbocycles. The summed E-state index contributed by atoms with van der Waals surface area (Å²) in [5.74, 6) is 0.821. The fraction of sp³-hybridized carbons (Fsp3) is 0.800. The molecule has 0 aromatic carbocycles. The van der Waals surface area contributed by atoms with Gasteiger partial charge in [0.15, 0.2) is 5.96 Å². The van der Waals surface area contributed by atoms with Crippen LogP contribution in [0.5, 0.6) is 0 Å². The van der Waals surface area contributed by atoms with Crippen LogP contribution < -0.4 is 5.32 Å². The van der Waals surface area contributed by atoms with E-state index in [2.05, 4.69) is 34.2 Å². The summed E-state index contributed by atoms with van der Waals surface area (Å²) < 4.78 is 34.0. The van der Waals surface area contributed by atoms with Crippen molar-refractivity contribution in [1.29, 1.82) is 0 Å². The summed E-state index contributed by atoms with van der Waals surface area (Å²) >= 11 is 0. The fourth-order valence-electron chi connectivity index (χ4n) is 3.79. The van der Waals surface area contributed by atoms with E-state index >= 15 is 0 Å². The highest BCUT2D eigenvalue weighted by atomic mass is 32.2. The van der Waals surface area contributed by atoms with Crippen LogP contribution in [0.1, 0.15) is 44.6 Å². The largest absolute Gasteiger partial charge is 0.378 e. The first-order valence-corrected chi connectivity index (χ1v) is 12.4. The quantitative estimate of drug-likeness (QED) is 0.453. The van der Waals surface area contributed by atoms with E-state index in [0.717, 1.165) is 24.5 Å². The van der Waals surface area contributed by atoms with Gasteiger partial charge in [-0.25, -0.2) is 8.42 Å². The Bertz CT molecular complexity index is 811. The molecule has 0 radical (unpaired) electrons. The molecule has 2 rings (SSSR count). The van der Waals surface area contributed by atoms with Crippen molar-refractivity contribution < 1.29 is 13.2 Å². The third kappa shape index (κ3) is 6.18. The molecule has 30 heavy (non-hydrogen) atoms. The van der Waals surface area contributed by atoms with Gasteiger partial charge >= 0.3 is 0 Å². The molecule has 1 aromatic heterocycles. The number of aryl methyl sites for hydroxylation is 2. The minimum Gasteiger partial charge on any atom is -0.378 e. The van der Waals surface area contributed by atoms with E-state index in [4.69, 9.17) is 4.74 Å². The van der Waals surface area contributed by atoms with Crippen molar-refractivity contribution in [2.24, 2.45) is 12.0 Å². The van der Waals surface area contributed by atoms with E-state index in [1.54, 1.807) is 11.4 Å². The monoisotopic (exact) mass is 442 g/mol. The molecule has 1 aliphatic heterocycles. The summed E-state index contributed by atoms with van der Waals surface area (Å²) in [5.41, 5.74) is 3.57. The van der Waals surface area contributed by atoms with E-state index < -0.39 is 10.0 Å². The molecule has 1 saturated heterocycles. The topological polar surface area (TPSA) is 92.1 Å². The van der Waals surface area contributed by atoms with Crippen LogP contribution in [0.15, 0.2) is 4.99 Å². The number of sulfonamides is 1. The third-order valence-corrected chi connectivity index (χ3v) is 7.22. The average molecular weight is 443 g/mol. The van der Waals surface area contributed by atoms with Gasteiger partial charge in [-0.1, -0.05) is 13.8 Å². The Labute approximate surface area is 181 Å². The number of hydrogen-bond acceptors (Lipinski definition) is 5. The van der Waals surface area contributed by atoms with Crippen LogP contribution in [-0.4, -0.2) is 85.1 Å². The van der Waals surface area contributed by atoms with Crippen molar-refractivity contribution in [3.63, 3.8) is 0 Å². The van der Waals surface area contributed by atoms with E-state index in [1.807, 2.05) is 25.6 Å². The zero-order valence-electron chi connectivity index (χ0n) is 19.3. The van der Waals surface area contributed by atoms with Gasteiger partial charge < -0.3 is 15.0 Å². The second-order valence-electron chi connectivity index (χ2n) is 7.73. The van der Waals surface area contributed by atoms with E-state index in [0.29, 0.717) is 32.7 Å². The molecule has 0 spiro atoms. The Balaban J connectivity index is 1.93. The molecule has 2 heterocycles. The summed E-state index contributed by atoms with van der Waals surface area (Å²) in [4.78, 5) is 6.53. The van der Waals surface area contributed by atoms with Crippen molar-refractivity contribution in [1.82, 2.24) is 24.3 Å². The second kappa shape index (κ2) is 11.1. The predicted octanol–water partition coefficient (Wildman–Crippen LogP) is 0.993. The molecular weight excluding hydrogens is 404 g/mol. The second-order valence-corrected chi connectivity index (χ2v) is 9.81. The van der Waals surface area contributed by atoms with Crippen LogP contribution in [0.25, 0.3) is 0 Å². The van der Waals surface area contributed by atoms with Gasteiger partial charge in [-0.2, -0.15) is 9.40 Å². The Morgan fingerprint density at radius 2 is 1.87 bits per heavy atom. The summed E-state index contributed by atoms with van der Waals surface area (Å²) in [5, 5.41) is 8.08. The molecule has 0 atom stereocenters. The molecule has 1 N–H and O–H groups in total. The maximum Gasteiger partial charge on any atom is 0.216 e. The zero-order chi connectivity index (χ0) is 22.3. The van der Waals surface area contributed by atoms with Gasteiger partial charge in [0, 0.05) is 58.1 Å². The number of ether oxygens (including phenoxy) is 1. The molecule has 172 valence electrons. The summed E-state index contributed by atoms with van der Waals surface area (Å²) in [6, 6.07) is 0. The molecule has 1 fully saturated rings. The molecule has 1 aromatic rings. The molecule has 0 unspecified atom stereocenters. The Hall–Kier alpha value is -1.65. The van der Waals surface area contributed by atoms with E-state index in [-0.39, 0.29) is 18.5 Å². The van der Waals surface area contributed by atoms with Gasteiger partial charge in [0.25, 0.3) is 0 Å². The fourth-order valence-corrected chi connectivity index (χ4v) is 5.07. The highest BCUT2D eigenvalue weighted by Crippen LogP contribution is 2.16. The Kier molecular flexibility index (Phi) is 9.11. The van der Waals surface area contributed by atoms with Gasteiger partial charge in [-0.15, -0.1) is 0 Å². The number of guanidine groups is 1. The smallest absolute Gasteiger partial charge is 0.216 e. The number of aliphatic imine (C=N–C) groups is 1. The maximum absolute atomic E-state index is 12.5. The maximum atomic E-state index is 12.5. The average Bonchev–Trinajstić information content (AvgIpc) is 3.02. The number of piperazine rings is 1. The normalized spacial score (nSPS) is 16.5. The summed E-state index contributed by atoms with van der Waals surface area (Å²) in [7, 11) is 0.457. The standard InChI is InChI=1S/C20H38N6O3S/c1-7-18-17(19(8-2)24(6)23-18)15-22-20(21-5)25-9-11-26(12-10-25)30(27,28)14-13-29-16(3)4/h16H,7-15H2,1-6H3,(H,21,22). The number of nitrogens with zero attached hydrogens (tertiary/aromatic N) is 5. The lowest BCUT2D eigenvalue weighted by atomic mass is 10.1. The van der Waals surface area contributed by atoms with Crippen molar-refractivity contribution in [3.05, 3.63) is 17.0 Å². The van der Waals surface area contributed by atoms with Crippen molar-refractivity contribution >= 4 is 16.0 Å². The molecular formula is C20H38N6O3S. The third-order valence-electron chi connectivity index (χ3n) is 5.39. The molecule has 9 nitrogen and oxygen atoms in total. The molecule has 10 heteroatoms. The summed E-state index contributed by atoms with van der Waals surface area (Å²) in [6.07, 6.45) is 1.85. The first-order chi connectivity index (χ1) is 14.2. The van der Waals surface area contributed by atoms with Gasteiger partial charge in [-0.3, -0.25) is 9.67 Å². The van der Waals surface area contributed by atoms with Crippen LogP contribution in [0.2, 0.25) is 0 Å². The van der Waals surface area contributed by atoms with Crippen LogP contribution in [-0.2, 0) is 41.2 Å². The Morgan fingerprint density at radius 3 is 2.40 bits per heavy atom. The van der Waals surface area contributed by atoms with Gasteiger partial charge in [-0.05, 0) is 26.7 Å². The minimum absolute atomic E-state index is 0.0265. The molecule has 0 aliphatic carbocycles. The van der Waals surface area contributed by atoms with E-state index in [1.165, 1.54) is 11.3 Å². The Morgan fingerprint density at radius 1 is 1.20 bits per heavy atom. The SMILES string of the molecule is CCc1nn(C)c(CC)c1CNC(=NC)N1CCN(S(=O)(=O)CCOC(C)C)CC1. The lowest BCUT2D eigenvalue weighted by Gasteiger charge is -2.35. The van der Waals surface area contributed by atoms with E-state index in [9.17, 15) is 8.42 Å². The first-order valence-electron chi connectivity index (χ1n) is 10.8. The molecule has 1 aliphatic rings. The van der Waals surface area contributed by atoms with Crippen LogP contribution >= 0.6 is 0 Å². The number of hydrogen-bond donors (Lipinski definition) is 1. The van der Waals surface area contributed by atoms with Crippen molar-refractivity contribution in [2.75, 3.05) is 45.6 Å². The predicted molar refractivity (Wildman–Crippen MR) is 120 cm³/mol. The number of nitrogens with one attached hydrogen (secondary N) is 1. The lowest BCUT2D eigenvalue weighted by Crippen LogP contribution is -2.54. The molecule has 0 amide bonds. The summed E-state index contributed by atoms with van der Waals surface area (Å²) in [6.45, 7) is 11.1. The van der Waals surface area contributed by atoms with Gasteiger partial charge in [0.1, 0.15) is 0 Å². The van der Waals surface area contributed by atoms with Crippen LogP contribution in [0.3, 0.4) is 0 Å². The van der Waals surface area contributed by atoms with Crippen LogP contribution in [0.4, 0.5) is 0 Å².